The third-order valence-electron chi connectivity index (χ3n) is 3.59. The molecule has 1 aromatic rings. The third kappa shape index (κ3) is 5.61. The number of nitrogens with two attached hydrogens (primary N) is 1. The van der Waals surface area contributed by atoms with Crippen molar-refractivity contribution < 1.29 is 4.79 Å². The van der Waals surface area contributed by atoms with Crippen molar-refractivity contribution >= 4 is 11.6 Å². The molecule has 3 N–H and O–H groups in total. The standard InChI is InChI=1S/C16H27N3O/c1-5-19(10-14-6-8-15(17)9-7-14)11-16(20)18-13(4)12(2)3/h6-9,12-13H,5,10-11,17H2,1-4H3,(H,18,20). The average Bonchev–Trinajstić information content (AvgIpc) is 2.40. The van der Waals surface area contributed by atoms with Crippen molar-refractivity contribution in [3.05, 3.63) is 29.8 Å². The fourth-order valence-corrected chi connectivity index (χ4v) is 1.83. The summed E-state index contributed by atoms with van der Waals surface area (Å²) in [6.45, 7) is 10.4. The van der Waals surface area contributed by atoms with Gasteiger partial charge >= 0.3 is 0 Å². The van der Waals surface area contributed by atoms with E-state index >= 15 is 0 Å². The van der Waals surface area contributed by atoms with Gasteiger partial charge in [0.2, 0.25) is 5.91 Å². The summed E-state index contributed by atoms with van der Waals surface area (Å²) in [5.74, 6) is 0.537. The Hall–Kier alpha value is -1.55. The van der Waals surface area contributed by atoms with Gasteiger partial charge in [-0.05, 0) is 37.1 Å². The maximum absolute atomic E-state index is 12.0. The van der Waals surface area contributed by atoms with Crippen LogP contribution < -0.4 is 11.1 Å². The van der Waals surface area contributed by atoms with E-state index in [2.05, 4.69) is 31.0 Å². The Labute approximate surface area is 122 Å². The molecule has 1 unspecified atom stereocenters. The van der Waals surface area contributed by atoms with Crippen LogP contribution >= 0.6 is 0 Å². The molecule has 0 saturated heterocycles. The van der Waals surface area contributed by atoms with E-state index in [9.17, 15) is 4.79 Å². The van der Waals surface area contributed by atoms with Crippen LogP contribution in [-0.4, -0.2) is 29.9 Å². The summed E-state index contributed by atoms with van der Waals surface area (Å²) in [4.78, 5) is 14.1. The summed E-state index contributed by atoms with van der Waals surface area (Å²) >= 11 is 0. The Balaban J connectivity index is 2.50. The van der Waals surface area contributed by atoms with Crippen LogP contribution in [0.1, 0.15) is 33.3 Å². The maximum Gasteiger partial charge on any atom is 0.234 e. The van der Waals surface area contributed by atoms with Crippen LogP contribution in [0.5, 0.6) is 0 Å². The van der Waals surface area contributed by atoms with Gasteiger partial charge in [-0.1, -0.05) is 32.9 Å². The number of hydrogen-bond donors (Lipinski definition) is 2. The number of nitrogen functional groups attached to an aromatic ring is 1. The number of amides is 1. The van der Waals surface area contributed by atoms with Gasteiger partial charge in [0.25, 0.3) is 0 Å². The highest BCUT2D eigenvalue weighted by Gasteiger charge is 2.13. The number of nitrogens with zero attached hydrogens (tertiary/aromatic N) is 1. The van der Waals surface area contributed by atoms with Crippen molar-refractivity contribution in [1.82, 2.24) is 10.2 Å². The minimum atomic E-state index is 0.0866. The van der Waals surface area contributed by atoms with Crippen LogP contribution in [0.25, 0.3) is 0 Å². The van der Waals surface area contributed by atoms with Gasteiger partial charge in [0.15, 0.2) is 0 Å². The molecule has 1 aromatic carbocycles. The van der Waals surface area contributed by atoms with E-state index in [1.165, 1.54) is 5.56 Å². The van der Waals surface area contributed by atoms with Crippen molar-refractivity contribution in [2.75, 3.05) is 18.8 Å². The summed E-state index contributed by atoms with van der Waals surface area (Å²) in [6, 6.07) is 8.01. The lowest BCUT2D eigenvalue weighted by Gasteiger charge is -2.23. The van der Waals surface area contributed by atoms with Crippen molar-refractivity contribution in [3.8, 4) is 0 Å². The molecule has 1 atom stereocenters. The lowest BCUT2D eigenvalue weighted by atomic mass is 10.1. The van der Waals surface area contributed by atoms with Gasteiger partial charge in [0.05, 0.1) is 6.54 Å². The van der Waals surface area contributed by atoms with Crippen LogP contribution in [0.3, 0.4) is 0 Å². The molecule has 0 aliphatic heterocycles. The Bertz CT molecular complexity index is 414. The molecule has 1 rings (SSSR count). The van der Waals surface area contributed by atoms with E-state index in [-0.39, 0.29) is 11.9 Å². The summed E-state index contributed by atoms with van der Waals surface area (Å²) in [5, 5.41) is 3.04. The number of benzene rings is 1. The maximum atomic E-state index is 12.0. The molecule has 0 aliphatic carbocycles. The Kier molecular flexibility index (Phi) is 6.52. The predicted octanol–water partition coefficient (Wildman–Crippen LogP) is 2.25. The molecule has 0 bridgehead atoms. The molecule has 0 spiro atoms. The highest BCUT2D eigenvalue weighted by Crippen LogP contribution is 2.08. The van der Waals surface area contributed by atoms with Gasteiger partial charge in [-0.25, -0.2) is 0 Å². The number of hydrogen-bond acceptors (Lipinski definition) is 3. The molecule has 0 saturated carbocycles. The highest BCUT2D eigenvalue weighted by atomic mass is 16.2. The summed E-state index contributed by atoms with van der Waals surface area (Å²) in [7, 11) is 0. The minimum Gasteiger partial charge on any atom is -0.399 e. The largest absolute Gasteiger partial charge is 0.399 e. The average molecular weight is 277 g/mol. The topological polar surface area (TPSA) is 58.4 Å². The molecule has 112 valence electrons. The first kappa shape index (κ1) is 16.5. The van der Waals surface area contributed by atoms with E-state index in [0.717, 1.165) is 18.8 Å². The molecule has 0 aliphatic rings. The monoisotopic (exact) mass is 277 g/mol. The van der Waals surface area contributed by atoms with Crippen molar-refractivity contribution in [2.24, 2.45) is 5.92 Å². The van der Waals surface area contributed by atoms with Gasteiger partial charge in [-0.15, -0.1) is 0 Å². The molecule has 0 radical (unpaired) electrons. The molecule has 0 aromatic heterocycles. The number of anilines is 1. The highest BCUT2D eigenvalue weighted by molar-refractivity contribution is 5.78. The van der Waals surface area contributed by atoms with Gasteiger partial charge in [0, 0.05) is 18.3 Å². The number of likely N-dealkylation sites (N-methyl/N-ethyl adjacent to an activating group) is 1. The fraction of sp³-hybridized carbons (Fsp3) is 0.562. The van der Waals surface area contributed by atoms with Crippen molar-refractivity contribution in [3.63, 3.8) is 0 Å². The smallest absolute Gasteiger partial charge is 0.234 e. The van der Waals surface area contributed by atoms with Gasteiger partial charge in [0.1, 0.15) is 0 Å². The first-order chi connectivity index (χ1) is 9.42. The molecule has 0 heterocycles. The van der Waals surface area contributed by atoms with Crippen molar-refractivity contribution in [1.29, 1.82) is 0 Å². The van der Waals surface area contributed by atoms with Gasteiger partial charge in [-0.3, -0.25) is 9.69 Å². The van der Waals surface area contributed by atoms with Crippen LogP contribution in [0.2, 0.25) is 0 Å². The second-order valence-corrected chi connectivity index (χ2v) is 5.65. The Morgan fingerprint density at radius 2 is 1.85 bits per heavy atom. The summed E-state index contributed by atoms with van der Waals surface area (Å²) in [5.41, 5.74) is 7.61. The minimum absolute atomic E-state index is 0.0866. The van der Waals surface area contributed by atoms with E-state index in [4.69, 9.17) is 5.73 Å². The fourth-order valence-electron chi connectivity index (χ4n) is 1.83. The zero-order valence-electron chi connectivity index (χ0n) is 13.0. The lowest BCUT2D eigenvalue weighted by molar-refractivity contribution is -0.123. The number of nitrogens with one attached hydrogen (secondary N) is 1. The zero-order chi connectivity index (χ0) is 15.1. The third-order valence-corrected chi connectivity index (χ3v) is 3.59. The normalized spacial score (nSPS) is 12.7. The molecular formula is C16H27N3O. The van der Waals surface area contributed by atoms with Gasteiger partial charge in [-0.2, -0.15) is 0 Å². The first-order valence-electron chi connectivity index (χ1n) is 7.28. The molecule has 4 nitrogen and oxygen atoms in total. The molecule has 1 amide bonds. The Morgan fingerprint density at radius 1 is 1.25 bits per heavy atom. The second kappa shape index (κ2) is 7.90. The lowest BCUT2D eigenvalue weighted by Crippen LogP contribution is -2.42. The number of rotatable bonds is 7. The van der Waals surface area contributed by atoms with Gasteiger partial charge < -0.3 is 11.1 Å². The predicted molar refractivity (Wildman–Crippen MR) is 84.2 cm³/mol. The molecule has 0 fully saturated rings. The van der Waals surface area contributed by atoms with E-state index in [1.807, 2.05) is 31.2 Å². The number of carbonyl (C=O) groups excluding carboxylic acids is 1. The summed E-state index contributed by atoms with van der Waals surface area (Å²) < 4.78 is 0. The van der Waals surface area contributed by atoms with E-state index < -0.39 is 0 Å². The van der Waals surface area contributed by atoms with Crippen LogP contribution in [-0.2, 0) is 11.3 Å². The molecule has 4 heteroatoms. The van der Waals surface area contributed by atoms with Crippen LogP contribution in [0, 0.1) is 5.92 Å². The van der Waals surface area contributed by atoms with E-state index in [1.54, 1.807) is 0 Å². The quantitative estimate of drug-likeness (QED) is 0.752. The number of carbonyl (C=O) groups is 1. The van der Waals surface area contributed by atoms with Crippen LogP contribution in [0.15, 0.2) is 24.3 Å². The first-order valence-corrected chi connectivity index (χ1v) is 7.28. The van der Waals surface area contributed by atoms with Crippen LogP contribution in [0.4, 0.5) is 5.69 Å². The molecule has 20 heavy (non-hydrogen) atoms. The van der Waals surface area contributed by atoms with Crippen molar-refractivity contribution in [2.45, 2.75) is 40.3 Å². The van der Waals surface area contributed by atoms with E-state index in [0.29, 0.717) is 12.5 Å². The second-order valence-electron chi connectivity index (χ2n) is 5.65. The summed E-state index contributed by atoms with van der Waals surface area (Å²) in [6.07, 6.45) is 0. The zero-order valence-corrected chi connectivity index (χ0v) is 13.0. The SMILES string of the molecule is CCN(CC(=O)NC(C)C(C)C)Cc1ccc(N)cc1. The molecular weight excluding hydrogens is 250 g/mol. The Morgan fingerprint density at radius 3 is 2.35 bits per heavy atom.